The number of nitrogens with one attached hydrogen (secondary N) is 1. The van der Waals surface area contributed by atoms with Gasteiger partial charge in [0.25, 0.3) is 5.17 Å². The molecule has 0 radical (unpaired) electrons. The molecule has 1 aromatic heterocycles. The van der Waals surface area contributed by atoms with Gasteiger partial charge in [0.15, 0.2) is 0 Å². The molecule has 0 aliphatic carbocycles. The highest BCUT2D eigenvalue weighted by Gasteiger charge is 2.10. The zero-order valence-electron chi connectivity index (χ0n) is 11.9. The van der Waals surface area contributed by atoms with Gasteiger partial charge < -0.3 is 14.8 Å². The van der Waals surface area contributed by atoms with Gasteiger partial charge in [0, 0.05) is 5.39 Å². The number of ether oxygens (including phenoxy) is 2. The van der Waals surface area contributed by atoms with E-state index < -0.39 is 0 Å². The fourth-order valence-electron chi connectivity index (χ4n) is 2.07. The standard InChI is InChI=1S/C17H14N2O2S/c1-20-16-15(11-12-7-5-6-10-14(12)18-16)19-17(22)21-13-8-3-2-4-9-13/h2-11H,1H3,(H,19,22). The fourth-order valence-corrected chi connectivity index (χ4v) is 2.28. The lowest BCUT2D eigenvalue weighted by atomic mass is 10.2. The molecule has 22 heavy (non-hydrogen) atoms. The maximum absolute atomic E-state index is 5.57. The second-order valence-corrected chi connectivity index (χ2v) is 4.94. The number of pyridine rings is 1. The Morgan fingerprint density at radius 2 is 1.77 bits per heavy atom. The van der Waals surface area contributed by atoms with Gasteiger partial charge in [0.1, 0.15) is 11.4 Å². The Morgan fingerprint density at radius 3 is 2.55 bits per heavy atom. The maximum Gasteiger partial charge on any atom is 0.266 e. The minimum atomic E-state index is 0.238. The Kier molecular flexibility index (Phi) is 4.16. The van der Waals surface area contributed by atoms with Crippen molar-refractivity contribution in [3.63, 3.8) is 0 Å². The van der Waals surface area contributed by atoms with Crippen molar-refractivity contribution in [1.29, 1.82) is 0 Å². The normalized spacial score (nSPS) is 10.2. The van der Waals surface area contributed by atoms with Crippen LogP contribution in [0, 0.1) is 0 Å². The summed E-state index contributed by atoms with van der Waals surface area (Å²) in [6.07, 6.45) is 0. The summed E-state index contributed by atoms with van der Waals surface area (Å²) in [5.74, 6) is 1.14. The van der Waals surface area contributed by atoms with Gasteiger partial charge in [-0.15, -0.1) is 0 Å². The molecule has 0 bridgehead atoms. The molecule has 0 aliphatic heterocycles. The molecule has 3 rings (SSSR count). The Morgan fingerprint density at radius 1 is 1.05 bits per heavy atom. The minimum Gasteiger partial charge on any atom is -0.479 e. The molecule has 0 aliphatic rings. The van der Waals surface area contributed by atoms with E-state index in [-0.39, 0.29) is 5.17 Å². The van der Waals surface area contributed by atoms with Gasteiger partial charge >= 0.3 is 0 Å². The number of hydrogen-bond acceptors (Lipinski definition) is 4. The molecule has 5 heteroatoms. The van der Waals surface area contributed by atoms with Gasteiger partial charge in [0.2, 0.25) is 5.88 Å². The van der Waals surface area contributed by atoms with Crippen LogP contribution in [0.3, 0.4) is 0 Å². The number of hydrogen-bond donors (Lipinski definition) is 1. The van der Waals surface area contributed by atoms with E-state index in [1.807, 2.05) is 60.7 Å². The molecule has 1 heterocycles. The van der Waals surface area contributed by atoms with E-state index in [0.29, 0.717) is 17.3 Å². The molecule has 1 N–H and O–H groups in total. The van der Waals surface area contributed by atoms with Crippen LogP contribution in [0.25, 0.3) is 10.9 Å². The number of thiocarbonyl (C=S) groups is 1. The third-order valence-electron chi connectivity index (χ3n) is 3.07. The molecular weight excluding hydrogens is 296 g/mol. The van der Waals surface area contributed by atoms with Crippen LogP contribution in [0.5, 0.6) is 11.6 Å². The Balaban J connectivity index is 1.84. The molecule has 0 saturated carbocycles. The fraction of sp³-hybridized carbons (Fsp3) is 0.0588. The van der Waals surface area contributed by atoms with Gasteiger partial charge in [-0.3, -0.25) is 0 Å². The first kappa shape index (κ1) is 14.3. The highest BCUT2D eigenvalue weighted by molar-refractivity contribution is 7.80. The van der Waals surface area contributed by atoms with Crippen LogP contribution in [-0.4, -0.2) is 17.3 Å². The summed E-state index contributed by atoms with van der Waals surface area (Å²) in [5.41, 5.74) is 1.53. The summed E-state index contributed by atoms with van der Waals surface area (Å²) < 4.78 is 10.9. The lowest BCUT2D eigenvalue weighted by Crippen LogP contribution is -2.17. The summed E-state index contributed by atoms with van der Waals surface area (Å²) in [6.45, 7) is 0. The lowest BCUT2D eigenvalue weighted by molar-refractivity contribution is 0.401. The van der Waals surface area contributed by atoms with E-state index in [9.17, 15) is 0 Å². The molecule has 110 valence electrons. The summed E-state index contributed by atoms with van der Waals surface area (Å²) in [4.78, 5) is 4.45. The van der Waals surface area contributed by atoms with E-state index in [4.69, 9.17) is 21.7 Å². The average Bonchev–Trinajstić information content (AvgIpc) is 2.55. The number of methoxy groups -OCH3 is 1. The quantitative estimate of drug-likeness (QED) is 0.740. The predicted molar refractivity (Wildman–Crippen MR) is 91.6 cm³/mol. The highest BCUT2D eigenvalue weighted by atomic mass is 32.1. The second kappa shape index (κ2) is 6.41. The van der Waals surface area contributed by atoms with Crippen molar-refractivity contribution in [2.45, 2.75) is 0 Å². The van der Waals surface area contributed by atoms with Crippen molar-refractivity contribution >= 4 is 34.0 Å². The molecule has 3 aromatic rings. The molecular formula is C17H14N2O2S. The number of benzene rings is 2. The molecule has 2 aromatic carbocycles. The van der Waals surface area contributed by atoms with E-state index >= 15 is 0 Å². The minimum absolute atomic E-state index is 0.238. The maximum atomic E-state index is 5.57. The SMILES string of the molecule is COc1nc2ccccc2cc1NC(=S)Oc1ccccc1. The van der Waals surface area contributed by atoms with Crippen molar-refractivity contribution in [2.24, 2.45) is 0 Å². The van der Waals surface area contributed by atoms with Crippen molar-refractivity contribution in [3.05, 3.63) is 60.7 Å². The molecule has 0 fully saturated rings. The Hall–Kier alpha value is -2.66. The summed E-state index contributed by atoms with van der Waals surface area (Å²) in [5, 5.41) is 4.26. The summed E-state index contributed by atoms with van der Waals surface area (Å²) in [7, 11) is 1.57. The third kappa shape index (κ3) is 3.15. The second-order valence-electron chi connectivity index (χ2n) is 4.57. The Labute approximate surface area is 133 Å². The summed E-state index contributed by atoms with van der Waals surface area (Å²) in [6, 6.07) is 19.1. The van der Waals surface area contributed by atoms with Crippen LogP contribution in [-0.2, 0) is 0 Å². The van der Waals surface area contributed by atoms with Crippen LogP contribution in [0.2, 0.25) is 0 Å². The number of fused-ring (bicyclic) bond motifs is 1. The molecule has 0 unspecified atom stereocenters. The van der Waals surface area contributed by atoms with E-state index in [1.165, 1.54) is 0 Å². The molecule has 0 atom stereocenters. The zero-order chi connectivity index (χ0) is 15.4. The third-order valence-corrected chi connectivity index (χ3v) is 3.26. The molecule has 0 saturated heterocycles. The number of nitrogens with zero attached hydrogens (tertiary/aromatic N) is 1. The first-order chi connectivity index (χ1) is 10.8. The van der Waals surface area contributed by atoms with E-state index in [1.54, 1.807) is 7.11 Å². The van der Waals surface area contributed by atoms with Crippen molar-refractivity contribution in [1.82, 2.24) is 4.98 Å². The number of anilines is 1. The van der Waals surface area contributed by atoms with Crippen molar-refractivity contribution in [2.75, 3.05) is 12.4 Å². The largest absolute Gasteiger partial charge is 0.479 e. The van der Waals surface area contributed by atoms with Crippen LogP contribution in [0.15, 0.2) is 60.7 Å². The van der Waals surface area contributed by atoms with Crippen molar-refractivity contribution < 1.29 is 9.47 Å². The van der Waals surface area contributed by atoms with Crippen molar-refractivity contribution in [3.8, 4) is 11.6 Å². The summed E-state index contributed by atoms with van der Waals surface area (Å²) >= 11 is 5.23. The lowest BCUT2D eigenvalue weighted by Gasteiger charge is -2.12. The predicted octanol–water partition coefficient (Wildman–Crippen LogP) is 4.02. The number of aromatic nitrogens is 1. The van der Waals surface area contributed by atoms with Gasteiger partial charge in [-0.1, -0.05) is 36.4 Å². The topological polar surface area (TPSA) is 43.4 Å². The number of rotatable bonds is 3. The van der Waals surface area contributed by atoms with Crippen LogP contribution in [0.1, 0.15) is 0 Å². The van der Waals surface area contributed by atoms with Crippen LogP contribution in [0.4, 0.5) is 5.69 Å². The van der Waals surface area contributed by atoms with E-state index in [0.717, 1.165) is 10.9 Å². The van der Waals surface area contributed by atoms with Gasteiger partial charge in [-0.05, 0) is 36.5 Å². The Bertz CT molecular complexity index is 806. The molecule has 0 spiro atoms. The van der Waals surface area contributed by atoms with Gasteiger partial charge in [-0.25, -0.2) is 4.98 Å². The van der Waals surface area contributed by atoms with Gasteiger partial charge in [-0.2, -0.15) is 0 Å². The van der Waals surface area contributed by atoms with E-state index in [2.05, 4.69) is 10.3 Å². The molecule has 0 amide bonds. The smallest absolute Gasteiger partial charge is 0.266 e. The highest BCUT2D eigenvalue weighted by Crippen LogP contribution is 2.27. The zero-order valence-corrected chi connectivity index (χ0v) is 12.8. The van der Waals surface area contributed by atoms with Crippen LogP contribution >= 0.6 is 12.2 Å². The van der Waals surface area contributed by atoms with Gasteiger partial charge in [0.05, 0.1) is 12.6 Å². The average molecular weight is 310 g/mol. The number of para-hydroxylation sites is 2. The van der Waals surface area contributed by atoms with Crippen LogP contribution < -0.4 is 14.8 Å². The first-order valence-electron chi connectivity index (χ1n) is 6.74. The monoisotopic (exact) mass is 310 g/mol. The first-order valence-corrected chi connectivity index (χ1v) is 7.15. The molecule has 4 nitrogen and oxygen atoms in total.